The number of halogens is 1. The van der Waals surface area contributed by atoms with Gasteiger partial charge in [-0.25, -0.2) is 4.79 Å². The molecule has 1 N–H and O–H groups in total. The first-order valence-electron chi connectivity index (χ1n) is 3.77. The maximum absolute atomic E-state index is 10.5. The van der Waals surface area contributed by atoms with Crippen LogP contribution in [0.1, 0.15) is 12.5 Å². The fourth-order valence-corrected chi connectivity index (χ4v) is 1.14. The van der Waals surface area contributed by atoms with E-state index in [0.29, 0.717) is 5.57 Å². The van der Waals surface area contributed by atoms with Crippen LogP contribution in [-0.2, 0) is 4.79 Å². The van der Waals surface area contributed by atoms with Crippen molar-refractivity contribution in [2.24, 2.45) is 0 Å². The smallest absolute Gasteiger partial charge is 0.331 e. The molecule has 2 nitrogen and oxygen atoms in total. The number of benzene rings is 1. The predicted octanol–water partition coefficient (Wildman–Crippen LogP) is 2.94. The maximum Gasteiger partial charge on any atom is 0.331 e. The van der Waals surface area contributed by atoms with E-state index in [1.54, 1.807) is 13.0 Å². The minimum Gasteiger partial charge on any atom is -0.478 e. The number of aliphatic carboxylic acids is 1. The van der Waals surface area contributed by atoms with E-state index in [1.807, 2.05) is 24.3 Å². The monoisotopic (exact) mass is 240 g/mol. The minimum atomic E-state index is -0.886. The van der Waals surface area contributed by atoms with Crippen LogP contribution in [0.2, 0.25) is 0 Å². The molecule has 13 heavy (non-hydrogen) atoms. The Morgan fingerprint density at radius 3 is 2.38 bits per heavy atom. The molecule has 1 aromatic carbocycles. The normalized spacial score (nSPS) is 11.4. The van der Waals surface area contributed by atoms with Gasteiger partial charge in [0.15, 0.2) is 0 Å². The van der Waals surface area contributed by atoms with Gasteiger partial charge in [-0.1, -0.05) is 28.1 Å². The number of carboxylic acids is 1. The van der Waals surface area contributed by atoms with Crippen LogP contribution >= 0.6 is 15.9 Å². The van der Waals surface area contributed by atoms with E-state index in [0.717, 1.165) is 10.0 Å². The Hall–Kier alpha value is -1.09. The molecule has 0 fully saturated rings. The summed E-state index contributed by atoms with van der Waals surface area (Å²) in [5.74, 6) is -0.886. The van der Waals surface area contributed by atoms with Crippen LogP contribution in [0, 0.1) is 0 Å². The summed E-state index contributed by atoms with van der Waals surface area (Å²) in [4.78, 5) is 10.5. The summed E-state index contributed by atoms with van der Waals surface area (Å²) in [5, 5.41) is 8.62. The lowest BCUT2D eigenvalue weighted by molar-refractivity contribution is -0.132. The molecule has 0 bridgehead atoms. The molecule has 0 unspecified atom stereocenters. The van der Waals surface area contributed by atoms with Gasteiger partial charge < -0.3 is 5.11 Å². The third-order valence-corrected chi connectivity index (χ3v) is 2.12. The zero-order valence-electron chi connectivity index (χ0n) is 7.12. The van der Waals surface area contributed by atoms with Crippen molar-refractivity contribution in [1.82, 2.24) is 0 Å². The number of rotatable bonds is 2. The van der Waals surface area contributed by atoms with Gasteiger partial charge in [0.25, 0.3) is 0 Å². The molecule has 0 spiro atoms. The second kappa shape index (κ2) is 4.23. The van der Waals surface area contributed by atoms with Gasteiger partial charge in [-0.3, -0.25) is 0 Å². The van der Waals surface area contributed by atoms with Crippen molar-refractivity contribution in [1.29, 1.82) is 0 Å². The molecule has 0 aliphatic heterocycles. The van der Waals surface area contributed by atoms with Crippen molar-refractivity contribution in [2.75, 3.05) is 0 Å². The molecule has 1 rings (SSSR count). The third kappa shape index (κ3) is 3.03. The van der Waals surface area contributed by atoms with E-state index in [9.17, 15) is 4.79 Å². The molecule has 0 aliphatic carbocycles. The van der Waals surface area contributed by atoms with E-state index in [1.165, 1.54) is 0 Å². The summed E-state index contributed by atoms with van der Waals surface area (Å²) in [7, 11) is 0. The average molecular weight is 241 g/mol. The summed E-state index contributed by atoms with van der Waals surface area (Å²) in [5.41, 5.74) is 1.23. The van der Waals surface area contributed by atoms with Gasteiger partial charge in [-0.15, -0.1) is 0 Å². The first kappa shape index (κ1) is 9.99. The Morgan fingerprint density at radius 2 is 1.92 bits per heavy atom. The lowest BCUT2D eigenvalue weighted by atomic mass is 10.1. The molecular formula is C10H9BrO2. The number of carbonyl (C=O) groups is 1. The van der Waals surface area contributed by atoms with Crippen LogP contribution in [0.25, 0.3) is 6.08 Å². The van der Waals surface area contributed by atoms with E-state index in [-0.39, 0.29) is 0 Å². The maximum atomic E-state index is 10.5. The Balaban J connectivity index is 2.92. The highest BCUT2D eigenvalue weighted by molar-refractivity contribution is 9.10. The highest BCUT2D eigenvalue weighted by Crippen LogP contribution is 2.12. The second-order valence-electron chi connectivity index (χ2n) is 2.68. The number of hydrogen-bond donors (Lipinski definition) is 1. The average Bonchev–Trinajstić information content (AvgIpc) is 2.08. The van der Waals surface area contributed by atoms with Crippen molar-refractivity contribution in [3.63, 3.8) is 0 Å². The molecule has 0 saturated heterocycles. The molecule has 0 saturated carbocycles. The standard InChI is InChI=1S/C10H9BrO2/c1-7(10(12)13)6-8-2-4-9(11)5-3-8/h2-6H,1H3,(H,12,13). The summed E-state index contributed by atoms with van der Waals surface area (Å²) in [6, 6.07) is 7.47. The Kier molecular flexibility index (Phi) is 3.25. The van der Waals surface area contributed by atoms with Gasteiger partial charge in [-0.2, -0.15) is 0 Å². The van der Waals surface area contributed by atoms with Crippen molar-refractivity contribution >= 4 is 28.0 Å². The molecule has 0 aromatic heterocycles. The van der Waals surface area contributed by atoms with Gasteiger partial charge in [0, 0.05) is 10.0 Å². The minimum absolute atomic E-state index is 0.335. The van der Waals surface area contributed by atoms with E-state index in [2.05, 4.69) is 15.9 Å². The first-order valence-corrected chi connectivity index (χ1v) is 4.56. The molecule has 0 amide bonds. The van der Waals surface area contributed by atoms with Crippen molar-refractivity contribution in [3.8, 4) is 0 Å². The molecule has 1 aromatic rings. The van der Waals surface area contributed by atoms with Crippen LogP contribution < -0.4 is 0 Å². The van der Waals surface area contributed by atoms with Crippen LogP contribution in [0.3, 0.4) is 0 Å². The molecule has 0 atom stereocenters. The Morgan fingerprint density at radius 1 is 1.38 bits per heavy atom. The highest BCUT2D eigenvalue weighted by atomic mass is 79.9. The number of hydrogen-bond acceptors (Lipinski definition) is 1. The SMILES string of the molecule is CC(=Cc1ccc(Br)cc1)C(=O)O. The van der Waals surface area contributed by atoms with Crippen LogP contribution in [0.5, 0.6) is 0 Å². The molecule has 68 valence electrons. The van der Waals surface area contributed by atoms with Gasteiger partial charge in [-0.05, 0) is 30.7 Å². The zero-order chi connectivity index (χ0) is 9.84. The topological polar surface area (TPSA) is 37.3 Å². The molecule has 3 heteroatoms. The summed E-state index contributed by atoms with van der Waals surface area (Å²) >= 11 is 3.30. The predicted molar refractivity (Wildman–Crippen MR) is 55.4 cm³/mol. The van der Waals surface area contributed by atoms with Crippen molar-refractivity contribution in [3.05, 3.63) is 39.9 Å². The Bertz CT molecular complexity index is 338. The quantitative estimate of drug-likeness (QED) is 0.808. The second-order valence-corrected chi connectivity index (χ2v) is 3.60. The largest absolute Gasteiger partial charge is 0.478 e. The van der Waals surface area contributed by atoms with Crippen LogP contribution in [0.4, 0.5) is 0 Å². The Labute approximate surface area is 85.0 Å². The molecule has 0 radical (unpaired) electrons. The highest BCUT2D eigenvalue weighted by Gasteiger charge is 1.98. The van der Waals surface area contributed by atoms with Crippen molar-refractivity contribution < 1.29 is 9.90 Å². The fraction of sp³-hybridized carbons (Fsp3) is 0.100. The molecule has 0 heterocycles. The molecular weight excluding hydrogens is 232 g/mol. The zero-order valence-corrected chi connectivity index (χ0v) is 8.71. The van der Waals surface area contributed by atoms with E-state index < -0.39 is 5.97 Å². The number of carboxylic acid groups (broad SMARTS) is 1. The van der Waals surface area contributed by atoms with Gasteiger partial charge in [0.2, 0.25) is 0 Å². The van der Waals surface area contributed by atoms with Crippen molar-refractivity contribution in [2.45, 2.75) is 6.92 Å². The van der Waals surface area contributed by atoms with Crippen LogP contribution in [0.15, 0.2) is 34.3 Å². The summed E-state index contributed by atoms with van der Waals surface area (Å²) < 4.78 is 0.984. The fourth-order valence-electron chi connectivity index (χ4n) is 0.871. The third-order valence-electron chi connectivity index (χ3n) is 1.59. The first-order chi connectivity index (χ1) is 6.09. The van der Waals surface area contributed by atoms with E-state index in [4.69, 9.17) is 5.11 Å². The molecule has 0 aliphatic rings. The van der Waals surface area contributed by atoms with Gasteiger partial charge in [0.05, 0.1) is 0 Å². The van der Waals surface area contributed by atoms with E-state index >= 15 is 0 Å². The van der Waals surface area contributed by atoms with Gasteiger partial charge in [0.1, 0.15) is 0 Å². The lowest BCUT2D eigenvalue weighted by Gasteiger charge is -1.95. The summed E-state index contributed by atoms with van der Waals surface area (Å²) in [6.45, 7) is 1.57. The lowest BCUT2D eigenvalue weighted by Crippen LogP contribution is -1.95. The van der Waals surface area contributed by atoms with Crippen LogP contribution in [-0.4, -0.2) is 11.1 Å². The summed E-state index contributed by atoms with van der Waals surface area (Å²) in [6.07, 6.45) is 1.63. The van der Waals surface area contributed by atoms with Gasteiger partial charge >= 0.3 is 5.97 Å².